The maximum absolute atomic E-state index is 12.7. The molecule has 0 N–H and O–H groups in total. The van der Waals surface area contributed by atoms with E-state index in [4.69, 9.17) is 27.7 Å². The molecule has 1 aliphatic rings. The molecule has 0 amide bonds. The minimum atomic E-state index is -0.355. The van der Waals surface area contributed by atoms with Gasteiger partial charge in [-0.05, 0) is 24.3 Å². The number of nitrogens with zero attached hydrogens (tertiary/aromatic N) is 6. The van der Waals surface area contributed by atoms with Crippen molar-refractivity contribution in [3.8, 4) is 5.69 Å². The van der Waals surface area contributed by atoms with Crippen molar-refractivity contribution >= 4 is 28.9 Å². The van der Waals surface area contributed by atoms with Crippen molar-refractivity contribution in [1.82, 2.24) is 24.8 Å². The van der Waals surface area contributed by atoms with Crippen molar-refractivity contribution in [2.75, 3.05) is 31.1 Å². The summed E-state index contributed by atoms with van der Waals surface area (Å²) in [4.78, 5) is 21.2. The van der Waals surface area contributed by atoms with Crippen LogP contribution in [0, 0.1) is 6.92 Å². The van der Waals surface area contributed by atoms with Gasteiger partial charge in [-0.25, -0.2) is 0 Å². The van der Waals surface area contributed by atoms with Gasteiger partial charge in [-0.15, -0.1) is 0 Å². The summed E-state index contributed by atoms with van der Waals surface area (Å²) in [5.41, 5.74) is 0.904. The van der Waals surface area contributed by atoms with Gasteiger partial charge in [0.1, 0.15) is 5.02 Å². The zero-order valence-electron chi connectivity index (χ0n) is 15.2. The molecule has 0 aliphatic carbocycles. The summed E-state index contributed by atoms with van der Waals surface area (Å²) in [6.45, 7) is 5.45. The molecule has 3 aromatic rings. The van der Waals surface area contributed by atoms with Gasteiger partial charge < -0.3 is 9.42 Å². The SMILES string of the molecule is Cc1nc(CN2CCN(c3cnn(-c4ccc(Cl)cc4)c(=O)c3Cl)CC2)no1. The Hall–Kier alpha value is -2.42. The van der Waals surface area contributed by atoms with E-state index in [1.165, 1.54) is 4.68 Å². The molecule has 4 rings (SSSR count). The fraction of sp³-hybridized carbons (Fsp3) is 0.333. The van der Waals surface area contributed by atoms with Crippen LogP contribution in [-0.4, -0.2) is 51.0 Å². The van der Waals surface area contributed by atoms with Crippen molar-refractivity contribution in [2.24, 2.45) is 0 Å². The molecule has 3 heterocycles. The summed E-state index contributed by atoms with van der Waals surface area (Å²) in [7, 11) is 0. The van der Waals surface area contributed by atoms with Gasteiger partial charge in [-0.1, -0.05) is 28.4 Å². The highest BCUT2D eigenvalue weighted by molar-refractivity contribution is 6.33. The van der Waals surface area contributed by atoms with Gasteiger partial charge in [-0.2, -0.15) is 14.8 Å². The first-order chi connectivity index (χ1) is 13.5. The van der Waals surface area contributed by atoms with Crippen molar-refractivity contribution < 1.29 is 4.52 Å². The summed E-state index contributed by atoms with van der Waals surface area (Å²) in [5.74, 6) is 1.24. The lowest BCUT2D eigenvalue weighted by Gasteiger charge is -2.35. The van der Waals surface area contributed by atoms with E-state index in [-0.39, 0.29) is 10.6 Å². The van der Waals surface area contributed by atoms with E-state index in [9.17, 15) is 4.79 Å². The molecule has 1 fully saturated rings. The number of halogens is 2. The molecular formula is C18H18Cl2N6O2. The summed E-state index contributed by atoms with van der Waals surface area (Å²) in [6.07, 6.45) is 1.64. The number of rotatable bonds is 4. The molecule has 0 spiro atoms. The second-order valence-corrected chi connectivity index (χ2v) is 7.34. The smallest absolute Gasteiger partial charge is 0.292 e. The van der Waals surface area contributed by atoms with Crippen molar-refractivity contribution in [1.29, 1.82) is 0 Å². The van der Waals surface area contributed by atoms with Gasteiger partial charge in [-0.3, -0.25) is 9.69 Å². The predicted octanol–water partition coefficient (Wildman–Crippen LogP) is 2.55. The number of aryl methyl sites for hydroxylation is 1. The quantitative estimate of drug-likeness (QED) is 0.641. The standard InChI is InChI=1S/C18H18Cl2N6O2/c1-12-22-16(23-28-12)11-24-6-8-25(9-7-24)15-10-21-26(18(27)17(15)20)14-4-2-13(19)3-5-14/h2-5,10H,6-9,11H2,1H3. The normalized spacial score (nSPS) is 15.2. The number of aromatic nitrogens is 4. The topological polar surface area (TPSA) is 80.3 Å². The summed E-state index contributed by atoms with van der Waals surface area (Å²) in [6, 6.07) is 6.87. The van der Waals surface area contributed by atoms with Crippen LogP contribution in [0.4, 0.5) is 5.69 Å². The molecule has 10 heteroatoms. The summed E-state index contributed by atoms with van der Waals surface area (Å²) < 4.78 is 6.29. The van der Waals surface area contributed by atoms with Gasteiger partial charge >= 0.3 is 0 Å². The maximum Gasteiger partial charge on any atom is 0.292 e. The van der Waals surface area contributed by atoms with Crippen LogP contribution in [0.2, 0.25) is 10.0 Å². The summed E-state index contributed by atoms with van der Waals surface area (Å²) >= 11 is 12.3. The molecule has 0 saturated carbocycles. The average molecular weight is 421 g/mol. The molecule has 2 aromatic heterocycles. The molecule has 0 bridgehead atoms. The number of benzene rings is 1. The Labute approximate surface area is 171 Å². The molecule has 0 atom stereocenters. The van der Waals surface area contributed by atoms with E-state index in [1.54, 1.807) is 37.4 Å². The highest BCUT2D eigenvalue weighted by Gasteiger charge is 2.22. The predicted molar refractivity (Wildman–Crippen MR) is 106 cm³/mol. The number of piperazine rings is 1. The van der Waals surface area contributed by atoms with Crippen LogP contribution >= 0.6 is 23.2 Å². The van der Waals surface area contributed by atoms with Gasteiger partial charge in [0, 0.05) is 38.1 Å². The Bertz CT molecular complexity index is 1030. The summed E-state index contributed by atoms with van der Waals surface area (Å²) in [5, 5.41) is 8.98. The highest BCUT2D eigenvalue weighted by atomic mass is 35.5. The fourth-order valence-electron chi connectivity index (χ4n) is 3.16. The molecule has 1 aliphatic heterocycles. The Morgan fingerprint density at radius 1 is 1.11 bits per heavy atom. The van der Waals surface area contributed by atoms with E-state index >= 15 is 0 Å². The molecule has 1 aromatic carbocycles. The Morgan fingerprint density at radius 3 is 2.46 bits per heavy atom. The van der Waals surface area contributed by atoms with Crippen LogP contribution in [-0.2, 0) is 6.54 Å². The Kier molecular flexibility index (Phi) is 5.34. The van der Waals surface area contributed by atoms with E-state index in [0.717, 1.165) is 26.2 Å². The lowest BCUT2D eigenvalue weighted by atomic mass is 10.2. The molecule has 0 radical (unpaired) electrons. The molecule has 146 valence electrons. The second-order valence-electron chi connectivity index (χ2n) is 6.53. The maximum atomic E-state index is 12.7. The first kappa shape index (κ1) is 18.9. The van der Waals surface area contributed by atoms with E-state index in [2.05, 4.69) is 25.0 Å². The van der Waals surface area contributed by atoms with Crippen LogP contribution < -0.4 is 10.5 Å². The van der Waals surface area contributed by atoms with E-state index < -0.39 is 0 Å². The largest absolute Gasteiger partial charge is 0.366 e. The molecular weight excluding hydrogens is 403 g/mol. The van der Waals surface area contributed by atoms with E-state index in [1.807, 2.05) is 0 Å². The van der Waals surface area contributed by atoms with Crippen LogP contribution in [0.5, 0.6) is 0 Å². The fourth-order valence-corrected chi connectivity index (χ4v) is 3.54. The average Bonchev–Trinajstić information content (AvgIpc) is 3.10. The van der Waals surface area contributed by atoms with E-state index in [0.29, 0.717) is 34.7 Å². The van der Waals surface area contributed by atoms with Gasteiger partial charge in [0.05, 0.1) is 24.1 Å². The van der Waals surface area contributed by atoms with Gasteiger partial charge in [0.25, 0.3) is 5.56 Å². The first-order valence-electron chi connectivity index (χ1n) is 8.81. The Morgan fingerprint density at radius 2 is 1.82 bits per heavy atom. The zero-order valence-corrected chi connectivity index (χ0v) is 16.7. The number of hydrogen-bond acceptors (Lipinski definition) is 7. The van der Waals surface area contributed by atoms with Crippen molar-refractivity contribution in [3.63, 3.8) is 0 Å². The van der Waals surface area contributed by atoms with Crippen molar-refractivity contribution in [3.05, 3.63) is 62.6 Å². The molecule has 28 heavy (non-hydrogen) atoms. The van der Waals surface area contributed by atoms with Gasteiger partial charge in [0.2, 0.25) is 5.89 Å². The minimum absolute atomic E-state index is 0.159. The third-order valence-corrected chi connectivity index (χ3v) is 5.23. The lowest BCUT2D eigenvalue weighted by Crippen LogP contribution is -2.46. The van der Waals surface area contributed by atoms with Gasteiger partial charge in [0.15, 0.2) is 5.82 Å². The van der Waals surface area contributed by atoms with Crippen LogP contribution in [0.1, 0.15) is 11.7 Å². The Balaban J connectivity index is 1.47. The number of hydrogen-bond donors (Lipinski definition) is 0. The lowest BCUT2D eigenvalue weighted by molar-refractivity contribution is 0.240. The highest BCUT2D eigenvalue weighted by Crippen LogP contribution is 2.23. The first-order valence-corrected chi connectivity index (χ1v) is 9.57. The van der Waals surface area contributed by atoms with Crippen LogP contribution in [0.25, 0.3) is 5.69 Å². The monoisotopic (exact) mass is 420 g/mol. The van der Waals surface area contributed by atoms with Crippen molar-refractivity contribution in [2.45, 2.75) is 13.5 Å². The minimum Gasteiger partial charge on any atom is -0.366 e. The molecule has 0 unspecified atom stereocenters. The second kappa shape index (κ2) is 7.90. The molecule has 8 nitrogen and oxygen atoms in total. The zero-order chi connectivity index (χ0) is 19.7. The molecule has 1 saturated heterocycles. The third-order valence-electron chi connectivity index (χ3n) is 4.62. The van der Waals surface area contributed by atoms with Crippen LogP contribution in [0.3, 0.4) is 0 Å². The van der Waals surface area contributed by atoms with Crippen LogP contribution in [0.15, 0.2) is 39.8 Å². The third kappa shape index (κ3) is 3.89. The number of anilines is 1.